The molecule has 0 aliphatic rings. The quantitative estimate of drug-likeness (QED) is 0.804. The lowest BCUT2D eigenvalue weighted by molar-refractivity contribution is -0.141. The van der Waals surface area contributed by atoms with Gasteiger partial charge in [-0.3, -0.25) is 0 Å². The summed E-state index contributed by atoms with van der Waals surface area (Å²) in [6.07, 6.45) is -4.52. The van der Waals surface area contributed by atoms with Crippen molar-refractivity contribution in [3.05, 3.63) is 52.7 Å². The number of nitrogens with zero attached hydrogens (tertiary/aromatic N) is 2. The molecule has 0 unspecified atom stereocenters. The molecule has 0 aliphatic carbocycles. The lowest BCUT2D eigenvalue weighted by atomic mass is 10.2. The predicted octanol–water partition coefficient (Wildman–Crippen LogP) is 4.74. The van der Waals surface area contributed by atoms with Crippen LogP contribution in [0.2, 0.25) is 0 Å². The number of alkyl halides is 3. The maximum Gasteiger partial charge on any atom is 0.433 e. The molecular formula is C15H11F3N2S. The molecule has 0 atom stereocenters. The molecule has 2 rings (SSSR count). The van der Waals surface area contributed by atoms with Gasteiger partial charge in [0.25, 0.3) is 0 Å². The van der Waals surface area contributed by atoms with Crippen LogP contribution in [0.15, 0.2) is 40.3 Å². The number of benzene rings is 1. The summed E-state index contributed by atoms with van der Waals surface area (Å²) in [6, 6.07) is 9.53. The second-order valence-electron chi connectivity index (χ2n) is 4.53. The average Bonchev–Trinajstić information content (AvgIpc) is 2.42. The third kappa shape index (κ3) is 3.56. The van der Waals surface area contributed by atoms with Gasteiger partial charge >= 0.3 is 6.18 Å². The van der Waals surface area contributed by atoms with E-state index in [9.17, 15) is 13.2 Å². The SMILES string of the molecule is Cc1ccc(C)c(Sc2nc(C(F)(F)F)ccc2C#N)c1. The summed E-state index contributed by atoms with van der Waals surface area (Å²) in [4.78, 5) is 4.39. The largest absolute Gasteiger partial charge is 0.433 e. The number of rotatable bonds is 2. The van der Waals surface area contributed by atoms with Crippen LogP contribution in [0, 0.1) is 25.2 Å². The number of hydrogen-bond acceptors (Lipinski definition) is 3. The minimum Gasteiger partial charge on any atom is -0.235 e. The van der Waals surface area contributed by atoms with Crippen LogP contribution >= 0.6 is 11.8 Å². The molecule has 21 heavy (non-hydrogen) atoms. The number of hydrogen-bond donors (Lipinski definition) is 0. The summed E-state index contributed by atoms with van der Waals surface area (Å²) < 4.78 is 38.2. The Morgan fingerprint density at radius 1 is 1.14 bits per heavy atom. The first-order valence-electron chi connectivity index (χ1n) is 6.04. The Hall–Kier alpha value is -2.00. The van der Waals surface area contributed by atoms with E-state index >= 15 is 0 Å². The minimum atomic E-state index is -4.52. The van der Waals surface area contributed by atoms with E-state index in [1.54, 1.807) is 0 Å². The summed E-state index contributed by atoms with van der Waals surface area (Å²) >= 11 is 1.08. The van der Waals surface area contributed by atoms with Crippen molar-refractivity contribution in [1.82, 2.24) is 4.98 Å². The monoisotopic (exact) mass is 308 g/mol. The molecule has 1 aromatic carbocycles. The zero-order chi connectivity index (χ0) is 15.6. The van der Waals surface area contributed by atoms with Crippen molar-refractivity contribution < 1.29 is 13.2 Å². The highest BCUT2D eigenvalue weighted by molar-refractivity contribution is 7.99. The molecule has 0 radical (unpaired) electrons. The van der Waals surface area contributed by atoms with Crippen LogP contribution in [0.25, 0.3) is 0 Å². The topological polar surface area (TPSA) is 36.7 Å². The van der Waals surface area contributed by atoms with Crippen LogP contribution < -0.4 is 0 Å². The lowest BCUT2D eigenvalue weighted by Gasteiger charge is -2.10. The molecule has 0 saturated heterocycles. The number of aryl methyl sites for hydroxylation is 2. The van der Waals surface area contributed by atoms with Gasteiger partial charge in [0, 0.05) is 4.90 Å². The van der Waals surface area contributed by atoms with Gasteiger partial charge in [-0.2, -0.15) is 18.4 Å². The third-order valence-corrected chi connectivity index (χ3v) is 3.99. The van der Waals surface area contributed by atoms with E-state index in [-0.39, 0.29) is 10.6 Å². The van der Waals surface area contributed by atoms with Crippen molar-refractivity contribution in [3.63, 3.8) is 0 Å². The van der Waals surface area contributed by atoms with Crippen LogP contribution in [0.4, 0.5) is 13.2 Å². The maximum absolute atomic E-state index is 12.7. The highest BCUT2D eigenvalue weighted by atomic mass is 32.2. The normalized spacial score (nSPS) is 11.2. The molecule has 0 N–H and O–H groups in total. The molecule has 0 fully saturated rings. The van der Waals surface area contributed by atoms with Crippen molar-refractivity contribution in [2.24, 2.45) is 0 Å². The van der Waals surface area contributed by atoms with Gasteiger partial charge in [0.1, 0.15) is 16.8 Å². The highest BCUT2D eigenvalue weighted by Crippen LogP contribution is 2.35. The summed E-state index contributed by atoms with van der Waals surface area (Å²) in [5, 5.41) is 9.10. The summed E-state index contributed by atoms with van der Waals surface area (Å²) in [7, 11) is 0. The van der Waals surface area contributed by atoms with Crippen molar-refractivity contribution in [3.8, 4) is 6.07 Å². The standard InChI is InChI=1S/C15H11F3N2S/c1-9-3-4-10(2)12(7-9)21-14-11(8-19)5-6-13(20-14)15(16,17)18/h3-7H,1-2H3. The van der Waals surface area contributed by atoms with Crippen molar-refractivity contribution in [1.29, 1.82) is 5.26 Å². The molecular weight excluding hydrogens is 297 g/mol. The highest BCUT2D eigenvalue weighted by Gasteiger charge is 2.33. The van der Waals surface area contributed by atoms with Gasteiger partial charge in [-0.15, -0.1) is 0 Å². The van der Waals surface area contributed by atoms with Gasteiger partial charge in [0.2, 0.25) is 0 Å². The van der Waals surface area contributed by atoms with Crippen LogP contribution in [0.1, 0.15) is 22.4 Å². The smallest absolute Gasteiger partial charge is 0.235 e. The van der Waals surface area contributed by atoms with Gasteiger partial charge in [0.05, 0.1) is 5.56 Å². The summed E-state index contributed by atoms with van der Waals surface area (Å²) in [5.74, 6) is 0. The summed E-state index contributed by atoms with van der Waals surface area (Å²) in [5.41, 5.74) is 1.06. The average molecular weight is 308 g/mol. The minimum absolute atomic E-state index is 0.0704. The Balaban J connectivity index is 2.47. The van der Waals surface area contributed by atoms with E-state index in [0.29, 0.717) is 0 Å². The van der Waals surface area contributed by atoms with E-state index in [4.69, 9.17) is 5.26 Å². The fourth-order valence-corrected chi connectivity index (χ4v) is 2.73. The molecule has 0 aliphatic heterocycles. The van der Waals surface area contributed by atoms with Gasteiger partial charge in [-0.25, -0.2) is 4.98 Å². The Morgan fingerprint density at radius 2 is 1.86 bits per heavy atom. The van der Waals surface area contributed by atoms with E-state index < -0.39 is 11.9 Å². The lowest BCUT2D eigenvalue weighted by Crippen LogP contribution is -2.08. The molecule has 2 aromatic rings. The first-order valence-corrected chi connectivity index (χ1v) is 6.86. The second kappa shape index (κ2) is 5.78. The van der Waals surface area contributed by atoms with Gasteiger partial charge in [-0.1, -0.05) is 23.9 Å². The van der Waals surface area contributed by atoms with E-state index in [1.807, 2.05) is 38.1 Å². The second-order valence-corrected chi connectivity index (χ2v) is 5.56. The van der Waals surface area contributed by atoms with Crippen molar-refractivity contribution >= 4 is 11.8 Å². The molecule has 1 aromatic heterocycles. The third-order valence-electron chi connectivity index (χ3n) is 2.82. The molecule has 0 saturated carbocycles. The van der Waals surface area contributed by atoms with Crippen LogP contribution in [0.3, 0.4) is 0 Å². The first kappa shape index (κ1) is 15.4. The van der Waals surface area contributed by atoms with Gasteiger partial charge < -0.3 is 0 Å². The zero-order valence-corrected chi connectivity index (χ0v) is 12.1. The molecule has 6 heteroatoms. The molecule has 2 nitrogen and oxygen atoms in total. The van der Waals surface area contributed by atoms with E-state index in [1.165, 1.54) is 0 Å². The van der Waals surface area contributed by atoms with Crippen molar-refractivity contribution in [2.45, 2.75) is 29.9 Å². The van der Waals surface area contributed by atoms with Crippen LogP contribution in [-0.4, -0.2) is 4.98 Å². The Bertz CT molecular complexity index is 718. The maximum atomic E-state index is 12.7. The molecule has 108 valence electrons. The summed E-state index contributed by atoms with van der Waals surface area (Å²) in [6.45, 7) is 3.76. The van der Waals surface area contributed by atoms with Crippen LogP contribution in [0.5, 0.6) is 0 Å². The van der Waals surface area contributed by atoms with Crippen LogP contribution in [-0.2, 0) is 6.18 Å². The zero-order valence-electron chi connectivity index (χ0n) is 11.3. The van der Waals surface area contributed by atoms with Gasteiger partial charge in [0.15, 0.2) is 0 Å². The number of aromatic nitrogens is 1. The molecule has 1 heterocycles. The molecule has 0 amide bonds. The number of nitriles is 1. The fourth-order valence-electron chi connectivity index (χ4n) is 1.68. The first-order chi connectivity index (χ1) is 9.81. The number of halogens is 3. The van der Waals surface area contributed by atoms with E-state index in [0.717, 1.165) is 39.9 Å². The fraction of sp³-hybridized carbons (Fsp3) is 0.200. The van der Waals surface area contributed by atoms with Gasteiger partial charge in [-0.05, 0) is 43.2 Å². The number of pyridine rings is 1. The Kier molecular flexibility index (Phi) is 4.24. The van der Waals surface area contributed by atoms with E-state index in [2.05, 4.69) is 4.98 Å². The van der Waals surface area contributed by atoms with Crippen molar-refractivity contribution in [2.75, 3.05) is 0 Å². The molecule has 0 bridgehead atoms. The Labute approximate surface area is 124 Å². The molecule has 0 spiro atoms. The Morgan fingerprint density at radius 3 is 2.48 bits per heavy atom. The predicted molar refractivity (Wildman–Crippen MR) is 74.0 cm³/mol.